The Labute approximate surface area is 127 Å². The molecule has 0 saturated heterocycles. The molecule has 0 saturated carbocycles. The van der Waals surface area contributed by atoms with Crippen LogP contribution in [0, 0.1) is 6.92 Å². The third-order valence-electron chi connectivity index (χ3n) is 4.05. The molecule has 0 bridgehead atoms. The van der Waals surface area contributed by atoms with E-state index in [-0.39, 0.29) is 5.60 Å². The predicted molar refractivity (Wildman–Crippen MR) is 86.5 cm³/mol. The summed E-state index contributed by atoms with van der Waals surface area (Å²) in [6, 6.07) is 17.4. The molecule has 0 aliphatic carbocycles. The molecular weight excluding hydrogens is 258 g/mol. The lowest BCUT2D eigenvalue weighted by Crippen LogP contribution is -2.39. The molecule has 2 nitrogen and oxygen atoms in total. The highest BCUT2D eigenvalue weighted by Gasteiger charge is 2.33. The van der Waals surface area contributed by atoms with Crippen LogP contribution in [0.2, 0.25) is 0 Å². The van der Waals surface area contributed by atoms with Crippen LogP contribution in [0.1, 0.15) is 43.0 Å². The fraction of sp³-hybridized carbons (Fsp3) is 0.368. The standard InChI is InChI=1S/C19H23NO/c1-14-8-10-15(11-9-14)13-20-17-12-19(2,3)21-18-7-5-4-6-16(17)18/h4-11,17,20H,12-13H2,1-3H3. The van der Waals surface area contributed by atoms with Gasteiger partial charge in [-0.05, 0) is 32.4 Å². The van der Waals surface area contributed by atoms with E-state index in [1.54, 1.807) is 0 Å². The van der Waals surface area contributed by atoms with Gasteiger partial charge < -0.3 is 10.1 Å². The number of benzene rings is 2. The van der Waals surface area contributed by atoms with E-state index in [2.05, 4.69) is 68.6 Å². The first-order valence-electron chi connectivity index (χ1n) is 7.60. The summed E-state index contributed by atoms with van der Waals surface area (Å²) >= 11 is 0. The van der Waals surface area contributed by atoms with Crippen molar-refractivity contribution in [3.8, 4) is 5.75 Å². The number of aryl methyl sites for hydroxylation is 1. The Bertz CT molecular complexity index is 616. The molecule has 110 valence electrons. The molecule has 1 N–H and O–H groups in total. The molecule has 1 unspecified atom stereocenters. The van der Waals surface area contributed by atoms with Crippen LogP contribution < -0.4 is 10.1 Å². The minimum atomic E-state index is -0.126. The lowest BCUT2D eigenvalue weighted by Gasteiger charge is -2.38. The number of fused-ring (bicyclic) bond motifs is 1. The van der Waals surface area contributed by atoms with Crippen molar-refractivity contribution in [3.05, 3.63) is 65.2 Å². The van der Waals surface area contributed by atoms with Crippen LogP contribution in [0.25, 0.3) is 0 Å². The highest BCUT2D eigenvalue weighted by molar-refractivity contribution is 5.38. The fourth-order valence-electron chi connectivity index (χ4n) is 2.93. The van der Waals surface area contributed by atoms with Gasteiger partial charge in [0.2, 0.25) is 0 Å². The van der Waals surface area contributed by atoms with Gasteiger partial charge in [-0.2, -0.15) is 0 Å². The van der Waals surface area contributed by atoms with E-state index in [0.29, 0.717) is 6.04 Å². The van der Waals surface area contributed by atoms with Crippen LogP contribution in [0.15, 0.2) is 48.5 Å². The van der Waals surface area contributed by atoms with Gasteiger partial charge >= 0.3 is 0 Å². The second-order valence-corrected chi connectivity index (χ2v) is 6.52. The minimum absolute atomic E-state index is 0.126. The maximum atomic E-state index is 6.08. The number of nitrogens with one attached hydrogen (secondary N) is 1. The summed E-state index contributed by atoms with van der Waals surface area (Å²) in [5.74, 6) is 1.01. The topological polar surface area (TPSA) is 21.3 Å². The SMILES string of the molecule is Cc1ccc(CNC2CC(C)(C)Oc3ccccc32)cc1. The maximum Gasteiger partial charge on any atom is 0.124 e. The predicted octanol–water partition coefficient (Wildman–Crippen LogP) is 4.39. The third-order valence-corrected chi connectivity index (χ3v) is 4.05. The molecule has 1 atom stereocenters. The molecule has 2 heteroatoms. The summed E-state index contributed by atoms with van der Waals surface area (Å²) in [5, 5.41) is 3.69. The van der Waals surface area contributed by atoms with Crippen LogP contribution >= 0.6 is 0 Å². The monoisotopic (exact) mass is 281 g/mol. The Kier molecular flexibility index (Phi) is 3.73. The van der Waals surface area contributed by atoms with Crippen LogP contribution in [0.3, 0.4) is 0 Å². The number of hydrogen-bond acceptors (Lipinski definition) is 2. The van der Waals surface area contributed by atoms with Crippen LogP contribution in [0.4, 0.5) is 0 Å². The second kappa shape index (κ2) is 5.53. The summed E-state index contributed by atoms with van der Waals surface area (Å²) in [5.41, 5.74) is 3.77. The number of para-hydroxylation sites is 1. The summed E-state index contributed by atoms with van der Waals surface area (Å²) in [6.45, 7) is 7.32. The molecule has 0 spiro atoms. The van der Waals surface area contributed by atoms with Gasteiger partial charge in [-0.3, -0.25) is 0 Å². The van der Waals surface area contributed by atoms with E-state index >= 15 is 0 Å². The van der Waals surface area contributed by atoms with Crippen molar-refractivity contribution < 1.29 is 4.74 Å². The van der Waals surface area contributed by atoms with Crippen molar-refractivity contribution in [2.45, 2.75) is 45.4 Å². The first-order valence-corrected chi connectivity index (χ1v) is 7.60. The second-order valence-electron chi connectivity index (χ2n) is 6.52. The summed E-state index contributed by atoms with van der Waals surface area (Å²) in [4.78, 5) is 0. The highest BCUT2D eigenvalue weighted by atomic mass is 16.5. The average molecular weight is 281 g/mol. The van der Waals surface area contributed by atoms with Gasteiger partial charge in [0.05, 0.1) is 0 Å². The van der Waals surface area contributed by atoms with E-state index in [4.69, 9.17) is 4.74 Å². The Balaban J connectivity index is 1.77. The van der Waals surface area contributed by atoms with E-state index in [1.165, 1.54) is 16.7 Å². The van der Waals surface area contributed by atoms with Gasteiger partial charge in [-0.15, -0.1) is 0 Å². The van der Waals surface area contributed by atoms with Crippen molar-refractivity contribution in [2.75, 3.05) is 0 Å². The maximum absolute atomic E-state index is 6.08. The minimum Gasteiger partial charge on any atom is -0.487 e. The van der Waals surface area contributed by atoms with E-state index in [0.717, 1.165) is 18.7 Å². The van der Waals surface area contributed by atoms with Gasteiger partial charge in [-0.1, -0.05) is 48.0 Å². The van der Waals surface area contributed by atoms with Crippen LogP contribution in [-0.2, 0) is 6.54 Å². The molecule has 2 aromatic carbocycles. The van der Waals surface area contributed by atoms with Crippen molar-refractivity contribution in [3.63, 3.8) is 0 Å². The quantitative estimate of drug-likeness (QED) is 0.901. The molecule has 0 radical (unpaired) electrons. The zero-order chi connectivity index (χ0) is 14.9. The molecule has 0 aromatic heterocycles. The average Bonchev–Trinajstić information content (AvgIpc) is 2.45. The summed E-state index contributed by atoms with van der Waals surface area (Å²) in [6.07, 6.45) is 0.982. The molecule has 0 fully saturated rings. The van der Waals surface area contributed by atoms with E-state index < -0.39 is 0 Å². The summed E-state index contributed by atoms with van der Waals surface area (Å²) < 4.78 is 6.08. The molecule has 0 amide bonds. The summed E-state index contributed by atoms with van der Waals surface area (Å²) in [7, 11) is 0. The van der Waals surface area contributed by atoms with Crippen molar-refractivity contribution in [1.29, 1.82) is 0 Å². The fourth-order valence-corrected chi connectivity index (χ4v) is 2.93. The van der Waals surface area contributed by atoms with Gasteiger partial charge in [0.25, 0.3) is 0 Å². The van der Waals surface area contributed by atoms with Crippen molar-refractivity contribution in [2.24, 2.45) is 0 Å². The smallest absolute Gasteiger partial charge is 0.124 e. The lowest BCUT2D eigenvalue weighted by molar-refractivity contribution is 0.0657. The number of ether oxygens (including phenoxy) is 1. The number of hydrogen-bond donors (Lipinski definition) is 1. The molecule has 1 aliphatic heterocycles. The third kappa shape index (κ3) is 3.27. The van der Waals surface area contributed by atoms with Gasteiger partial charge in [-0.25, -0.2) is 0 Å². The van der Waals surface area contributed by atoms with Crippen molar-refractivity contribution >= 4 is 0 Å². The van der Waals surface area contributed by atoms with Crippen LogP contribution in [-0.4, -0.2) is 5.60 Å². The molecule has 1 heterocycles. The Morgan fingerprint density at radius 1 is 1.10 bits per heavy atom. The zero-order valence-corrected chi connectivity index (χ0v) is 13.0. The molecule has 3 rings (SSSR count). The van der Waals surface area contributed by atoms with Crippen molar-refractivity contribution in [1.82, 2.24) is 5.32 Å². The lowest BCUT2D eigenvalue weighted by atomic mass is 9.89. The molecular formula is C19H23NO. The van der Waals surface area contributed by atoms with E-state index in [9.17, 15) is 0 Å². The number of rotatable bonds is 3. The Morgan fingerprint density at radius 3 is 2.57 bits per heavy atom. The Hall–Kier alpha value is -1.80. The first-order chi connectivity index (χ1) is 10.0. The zero-order valence-electron chi connectivity index (χ0n) is 13.0. The van der Waals surface area contributed by atoms with E-state index in [1.807, 2.05) is 6.07 Å². The molecule has 1 aliphatic rings. The van der Waals surface area contributed by atoms with Crippen LogP contribution in [0.5, 0.6) is 5.75 Å². The van der Waals surface area contributed by atoms with Gasteiger partial charge in [0, 0.05) is 24.6 Å². The van der Waals surface area contributed by atoms with Gasteiger partial charge in [0.15, 0.2) is 0 Å². The first kappa shape index (κ1) is 14.2. The van der Waals surface area contributed by atoms with Gasteiger partial charge in [0.1, 0.15) is 11.4 Å². The normalized spacial score (nSPS) is 19.7. The highest BCUT2D eigenvalue weighted by Crippen LogP contribution is 2.39. The molecule has 21 heavy (non-hydrogen) atoms. The molecule has 2 aromatic rings. The Morgan fingerprint density at radius 2 is 1.81 bits per heavy atom. The largest absolute Gasteiger partial charge is 0.487 e.